The van der Waals surface area contributed by atoms with Crippen LogP contribution in [0.3, 0.4) is 0 Å². The third-order valence-corrected chi connectivity index (χ3v) is 5.57. The number of para-hydroxylation sites is 1. The zero-order valence-electron chi connectivity index (χ0n) is 14.7. The Labute approximate surface area is 158 Å². The van der Waals surface area contributed by atoms with Crippen molar-refractivity contribution in [2.45, 2.75) is 38.5 Å². The molecule has 1 atom stereocenters. The summed E-state index contributed by atoms with van der Waals surface area (Å²) in [6.07, 6.45) is 2.33. The van der Waals surface area contributed by atoms with Gasteiger partial charge in [0.1, 0.15) is 0 Å². The molecule has 3 nitrogen and oxygen atoms in total. The molecule has 0 N–H and O–H groups in total. The number of carbonyl (C=O) groups is 2. The van der Waals surface area contributed by atoms with Gasteiger partial charge in [-0.1, -0.05) is 53.6 Å². The standard InChI is InChI=1S/C22H20ClNO2/c1-14-9-11-15(12-10-14)16-13-21(26)24(18-6-3-2-5-17(18)23)19-7-4-8-20(25)22(16)19/h2-3,5-6,9-12,16H,4,7-8,13H2,1H3. The van der Waals surface area contributed by atoms with E-state index < -0.39 is 0 Å². The van der Waals surface area contributed by atoms with Gasteiger partial charge in [-0.15, -0.1) is 0 Å². The Kier molecular flexibility index (Phi) is 4.41. The average Bonchev–Trinajstić information content (AvgIpc) is 2.63. The Morgan fingerprint density at radius 3 is 2.46 bits per heavy atom. The molecule has 1 aliphatic carbocycles. The number of ketones is 1. The first kappa shape index (κ1) is 17.0. The van der Waals surface area contributed by atoms with Crippen LogP contribution in [0.5, 0.6) is 0 Å². The van der Waals surface area contributed by atoms with Crippen molar-refractivity contribution in [2.75, 3.05) is 4.90 Å². The van der Waals surface area contributed by atoms with Crippen molar-refractivity contribution in [3.05, 3.63) is 76.0 Å². The normalized spacial score (nSPS) is 20.4. The molecule has 4 rings (SSSR count). The lowest BCUT2D eigenvalue weighted by Crippen LogP contribution is -2.40. The molecule has 2 aliphatic rings. The Bertz CT molecular complexity index is 914. The Morgan fingerprint density at radius 1 is 1.00 bits per heavy atom. The van der Waals surface area contributed by atoms with Crippen LogP contribution in [0.1, 0.15) is 42.7 Å². The van der Waals surface area contributed by atoms with Crippen LogP contribution in [0, 0.1) is 6.92 Å². The van der Waals surface area contributed by atoms with Crippen molar-refractivity contribution in [3.63, 3.8) is 0 Å². The van der Waals surface area contributed by atoms with E-state index in [1.165, 1.54) is 0 Å². The van der Waals surface area contributed by atoms with E-state index >= 15 is 0 Å². The van der Waals surface area contributed by atoms with Crippen molar-refractivity contribution >= 4 is 29.0 Å². The Hall–Kier alpha value is -2.39. The molecule has 0 spiro atoms. The monoisotopic (exact) mass is 365 g/mol. The molecule has 0 bridgehead atoms. The van der Waals surface area contributed by atoms with Crippen LogP contribution in [-0.2, 0) is 9.59 Å². The van der Waals surface area contributed by atoms with E-state index in [-0.39, 0.29) is 17.6 Å². The fourth-order valence-corrected chi connectivity index (χ4v) is 4.21. The first-order valence-corrected chi connectivity index (χ1v) is 9.34. The van der Waals surface area contributed by atoms with E-state index in [0.717, 1.165) is 35.2 Å². The minimum atomic E-state index is -0.162. The zero-order valence-corrected chi connectivity index (χ0v) is 15.4. The largest absolute Gasteiger partial charge is 0.294 e. The summed E-state index contributed by atoms with van der Waals surface area (Å²) < 4.78 is 0. The lowest BCUT2D eigenvalue weighted by atomic mass is 9.77. The summed E-state index contributed by atoms with van der Waals surface area (Å²) >= 11 is 6.36. The second kappa shape index (κ2) is 6.73. The maximum absolute atomic E-state index is 13.1. The van der Waals surface area contributed by atoms with E-state index in [2.05, 4.69) is 0 Å². The van der Waals surface area contributed by atoms with Crippen LogP contribution in [0.2, 0.25) is 5.02 Å². The predicted molar refractivity (Wildman–Crippen MR) is 103 cm³/mol. The summed E-state index contributed by atoms with van der Waals surface area (Å²) in [5.74, 6) is -0.0110. The number of benzene rings is 2. The smallest absolute Gasteiger partial charge is 0.232 e. The molecule has 2 aromatic rings. The van der Waals surface area contributed by atoms with Gasteiger partial charge in [-0.2, -0.15) is 0 Å². The lowest BCUT2D eigenvalue weighted by Gasteiger charge is -2.38. The molecule has 1 aliphatic heterocycles. The van der Waals surface area contributed by atoms with Crippen LogP contribution < -0.4 is 4.90 Å². The summed E-state index contributed by atoms with van der Waals surface area (Å²) in [6, 6.07) is 15.5. The summed E-state index contributed by atoms with van der Waals surface area (Å²) in [5, 5.41) is 0.527. The molecule has 4 heteroatoms. The molecule has 132 valence electrons. The number of anilines is 1. The number of rotatable bonds is 2. The number of halogens is 1. The maximum Gasteiger partial charge on any atom is 0.232 e. The number of carbonyl (C=O) groups excluding carboxylic acids is 2. The highest BCUT2D eigenvalue weighted by atomic mass is 35.5. The molecule has 1 unspecified atom stereocenters. The van der Waals surface area contributed by atoms with Crippen molar-refractivity contribution in [1.29, 1.82) is 0 Å². The molecule has 0 fully saturated rings. The number of hydrogen-bond donors (Lipinski definition) is 0. The van der Waals surface area contributed by atoms with Gasteiger partial charge in [0.05, 0.1) is 10.7 Å². The molecule has 0 radical (unpaired) electrons. The Morgan fingerprint density at radius 2 is 1.73 bits per heavy atom. The van der Waals surface area contributed by atoms with Crippen molar-refractivity contribution in [2.24, 2.45) is 0 Å². The van der Waals surface area contributed by atoms with Gasteiger partial charge in [-0.05, 0) is 37.5 Å². The summed E-state index contributed by atoms with van der Waals surface area (Å²) in [4.78, 5) is 27.6. The number of hydrogen-bond acceptors (Lipinski definition) is 2. The van der Waals surface area contributed by atoms with E-state index in [1.807, 2.05) is 49.4 Å². The number of aryl methyl sites for hydroxylation is 1. The molecule has 1 heterocycles. The molecular weight excluding hydrogens is 346 g/mol. The number of nitrogens with zero attached hydrogens (tertiary/aromatic N) is 1. The first-order chi connectivity index (χ1) is 12.6. The second-order valence-corrected chi connectivity index (χ2v) is 7.39. The average molecular weight is 366 g/mol. The molecule has 26 heavy (non-hydrogen) atoms. The van der Waals surface area contributed by atoms with Gasteiger partial charge >= 0.3 is 0 Å². The molecule has 0 saturated heterocycles. The van der Waals surface area contributed by atoms with Gasteiger partial charge < -0.3 is 0 Å². The van der Waals surface area contributed by atoms with Gasteiger partial charge in [-0.3, -0.25) is 14.5 Å². The third-order valence-electron chi connectivity index (χ3n) is 5.25. The quantitative estimate of drug-likeness (QED) is 0.735. The third kappa shape index (κ3) is 2.86. The summed E-state index contributed by atoms with van der Waals surface area (Å²) in [7, 11) is 0. The predicted octanol–water partition coefficient (Wildman–Crippen LogP) is 5.18. The van der Waals surface area contributed by atoms with E-state index in [9.17, 15) is 9.59 Å². The van der Waals surface area contributed by atoms with Crippen LogP contribution >= 0.6 is 11.6 Å². The van der Waals surface area contributed by atoms with Crippen LogP contribution in [-0.4, -0.2) is 11.7 Å². The van der Waals surface area contributed by atoms with Gasteiger partial charge in [0.15, 0.2) is 5.78 Å². The van der Waals surface area contributed by atoms with Crippen LogP contribution in [0.4, 0.5) is 5.69 Å². The number of allylic oxidation sites excluding steroid dienone is 2. The van der Waals surface area contributed by atoms with Gasteiger partial charge in [0.2, 0.25) is 5.91 Å². The van der Waals surface area contributed by atoms with Crippen molar-refractivity contribution < 1.29 is 9.59 Å². The van der Waals surface area contributed by atoms with Crippen LogP contribution in [0.25, 0.3) is 0 Å². The SMILES string of the molecule is Cc1ccc(C2CC(=O)N(c3ccccc3Cl)C3=C2C(=O)CCC3)cc1. The van der Waals surface area contributed by atoms with E-state index in [4.69, 9.17) is 11.6 Å². The summed E-state index contributed by atoms with van der Waals surface area (Å²) in [6.45, 7) is 2.03. The second-order valence-electron chi connectivity index (χ2n) is 6.99. The maximum atomic E-state index is 13.1. The van der Waals surface area contributed by atoms with Gasteiger partial charge in [0.25, 0.3) is 0 Å². The van der Waals surface area contributed by atoms with Gasteiger partial charge in [0, 0.05) is 30.0 Å². The molecule has 1 amide bonds. The molecular formula is C22H20ClNO2. The van der Waals surface area contributed by atoms with Gasteiger partial charge in [-0.25, -0.2) is 0 Å². The topological polar surface area (TPSA) is 37.4 Å². The van der Waals surface area contributed by atoms with Crippen molar-refractivity contribution in [1.82, 2.24) is 0 Å². The minimum absolute atomic E-state index is 0.00266. The van der Waals surface area contributed by atoms with E-state index in [0.29, 0.717) is 23.6 Å². The number of amides is 1. The summed E-state index contributed by atoms with van der Waals surface area (Å²) in [5.41, 5.74) is 4.49. The lowest BCUT2D eigenvalue weighted by molar-refractivity contribution is -0.119. The Balaban J connectivity index is 1.87. The first-order valence-electron chi connectivity index (χ1n) is 8.96. The highest BCUT2D eigenvalue weighted by Gasteiger charge is 2.40. The fourth-order valence-electron chi connectivity index (χ4n) is 3.99. The zero-order chi connectivity index (χ0) is 18.3. The highest BCUT2D eigenvalue weighted by molar-refractivity contribution is 6.34. The molecule has 0 aromatic heterocycles. The minimum Gasteiger partial charge on any atom is -0.294 e. The highest BCUT2D eigenvalue weighted by Crippen LogP contribution is 2.44. The van der Waals surface area contributed by atoms with Crippen LogP contribution in [0.15, 0.2) is 59.8 Å². The fraction of sp³-hybridized carbons (Fsp3) is 0.273. The van der Waals surface area contributed by atoms with Crippen molar-refractivity contribution in [3.8, 4) is 0 Å². The number of Topliss-reactive ketones (excluding diaryl/α,β-unsaturated/α-hetero) is 1. The van der Waals surface area contributed by atoms with E-state index in [1.54, 1.807) is 11.0 Å². The molecule has 2 aromatic carbocycles. The molecule has 0 saturated carbocycles.